The molecule has 0 saturated carbocycles. The van der Waals surface area contributed by atoms with Crippen LogP contribution in [0, 0.1) is 0 Å². The summed E-state index contributed by atoms with van der Waals surface area (Å²) in [6.07, 6.45) is 33.3. The van der Waals surface area contributed by atoms with E-state index in [0.717, 1.165) is 37.8 Å². The Labute approximate surface area is 290 Å². The molecular formula is C36H62MgO8. The largest absolute Gasteiger partial charge is 2.00 e. The van der Waals surface area contributed by atoms with Crippen LogP contribution in [0.5, 0.6) is 0 Å². The monoisotopic (exact) mass is 646 g/mol. The SMILES string of the molecule is CCCCCCCCCCCCCCOC(=O)/C=C/C(=O)[O-].CCCCCCCCCCCCCCOC(=O)/C=C/C(=O)[O-].[Mg+2]. The second-order valence-electron chi connectivity index (χ2n) is 11.4. The molecule has 0 aliphatic heterocycles. The van der Waals surface area contributed by atoms with Gasteiger partial charge in [-0.05, 0) is 25.0 Å². The first-order chi connectivity index (χ1) is 21.3. The van der Waals surface area contributed by atoms with Crippen molar-refractivity contribution in [3.8, 4) is 0 Å². The summed E-state index contributed by atoms with van der Waals surface area (Å²) >= 11 is 0. The molecule has 0 aromatic carbocycles. The first-order valence-electron chi connectivity index (χ1n) is 17.4. The van der Waals surface area contributed by atoms with Crippen molar-refractivity contribution in [1.82, 2.24) is 0 Å². The maximum absolute atomic E-state index is 11.0. The van der Waals surface area contributed by atoms with Crippen LogP contribution in [0.25, 0.3) is 0 Å². The molecule has 0 aromatic heterocycles. The number of rotatable bonds is 30. The van der Waals surface area contributed by atoms with Gasteiger partial charge < -0.3 is 29.3 Å². The van der Waals surface area contributed by atoms with Crippen molar-refractivity contribution in [3.05, 3.63) is 24.3 Å². The fourth-order valence-electron chi connectivity index (χ4n) is 4.60. The number of carbonyl (C=O) groups is 4. The Morgan fingerprint density at radius 2 is 0.622 bits per heavy atom. The molecule has 0 unspecified atom stereocenters. The van der Waals surface area contributed by atoms with E-state index in [1.54, 1.807) is 0 Å². The molecule has 9 heteroatoms. The maximum atomic E-state index is 11.0. The molecule has 0 aliphatic rings. The topological polar surface area (TPSA) is 133 Å². The molecule has 0 radical (unpaired) electrons. The molecule has 256 valence electrons. The van der Waals surface area contributed by atoms with Crippen molar-refractivity contribution in [3.63, 3.8) is 0 Å². The van der Waals surface area contributed by atoms with E-state index in [0.29, 0.717) is 25.4 Å². The number of hydrogen-bond acceptors (Lipinski definition) is 8. The first-order valence-corrected chi connectivity index (χ1v) is 17.4. The van der Waals surface area contributed by atoms with Crippen LogP contribution < -0.4 is 10.2 Å². The zero-order valence-electron chi connectivity index (χ0n) is 28.7. The molecule has 0 saturated heterocycles. The molecule has 0 N–H and O–H groups in total. The van der Waals surface area contributed by atoms with Crippen molar-refractivity contribution in [1.29, 1.82) is 0 Å². The molecule has 8 nitrogen and oxygen atoms in total. The van der Waals surface area contributed by atoms with Crippen LogP contribution in [-0.2, 0) is 28.7 Å². The van der Waals surface area contributed by atoms with Crippen molar-refractivity contribution in [2.75, 3.05) is 13.2 Å². The van der Waals surface area contributed by atoms with Gasteiger partial charge in [0.1, 0.15) is 0 Å². The Balaban J connectivity index is -0.000000767. The number of carboxylic acid groups (broad SMARTS) is 2. The summed E-state index contributed by atoms with van der Waals surface area (Å²) in [7, 11) is 0. The zero-order valence-corrected chi connectivity index (χ0v) is 30.1. The zero-order chi connectivity index (χ0) is 32.9. The van der Waals surface area contributed by atoms with Gasteiger partial charge in [0, 0.05) is 12.2 Å². The van der Waals surface area contributed by atoms with Gasteiger partial charge in [0.2, 0.25) is 0 Å². The van der Waals surface area contributed by atoms with Crippen molar-refractivity contribution >= 4 is 46.9 Å². The Hall–Kier alpha value is -1.87. The molecular weight excluding hydrogens is 585 g/mol. The van der Waals surface area contributed by atoms with Gasteiger partial charge in [-0.1, -0.05) is 155 Å². The summed E-state index contributed by atoms with van der Waals surface area (Å²) in [6.45, 7) is 5.19. The predicted molar refractivity (Wildman–Crippen MR) is 178 cm³/mol. The maximum Gasteiger partial charge on any atom is 2.00 e. The Morgan fingerprint density at radius 1 is 0.400 bits per heavy atom. The summed E-state index contributed by atoms with van der Waals surface area (Å²) in [5.74, 6) is -4.01. The summed E-state index contributed by atoms with van der Waals surface area (Å²) in [5, 5.41) is 20.2. The van der Waals surface area contributed by atoms with Gasteiger partial charge in [0.05, 0.1) is 25.2 Å². The van der Waals surface area contributed by atoms with Crippen molar-refractivity contribution in [2.24, 2.45) is 0 Å². The minimum atomic E-state index is -1.39. The van der Waals surface area contributed by atoms with Crippen LogP contribution in [0.1, 0.15) is 168 Å². The van der Waals surface area contributed by atoms with Gasteiger partial charge in [0.25, 0.3) is 0 Å². The van der Waals surface area contributed by atoms with Crippen molar-refractivity contribution < 1.29 is 38.9 Å². The van der Waals surface area contributed by atoms with E-state index >= 15 is 0 Å². The summed E-state index contributed by atoms with van der Waals surface area (Å²) in [6, 6.07) is 0. The number of unbranched alkanes of at least 4 members (excludes halogenated alkanes) is 22. The third kappa shape index (κ3) is 46.7. The average molecular weight is 647 g/mol. The van der Waals surface area contributed by atoms with E-state index in [2.05, 4.69) is 13.8 Å². The molecule has 0 aliphatic carbocycles. The van der Waals surface area contributed by atoms with Crippen molar-refractivity contribution in [2.45, 2.75) is 168 Å². The summed E-state index contributed by atoms with van der Waals surface area (Å²) in [5.41, 5.74) is 0. The Kier molecular flexibility index (Phi) is 42.4. The number of esters is 2. The van der Waals surface area contributed by atoms with Crippen LogP contribution in [0.3, 0.4) is 0 Å². The molecule has 0 aromatic rings. The quantitative estimate of drug-likeness (QED) is 0.0365. The van der Waals surface area contributed by atoms with Crippen LogP contribution in [0.2, 0.25) is 0 Å². The number of carbonyl (C=O) groups excluding carboxylic acids is 4. The predicted octanol–water partition coefficient (Wildman–Crippen LogP) is 6.69. The van der Waals surface area contributed by atoms with Gasteiger partial charge >= 0.3 is 35.0 Å². The van der Waals surface area contributed by atoms with Gasteiger partial charge in [-0.15, -0.1) is 0 Å². The molecule has 0 bridgehead atoms. The van der Waals surface area contributed by atoms with E-state index in [1.807, 2.05) is 0 Å². The number of ether oxygens (including phenoxy) is 2. The molecule has 45 heavy (non-hydrogen) atoms. The first kappa shape index (κ1) is 47.5. The Morgan fingerprint density at radius 3 is 0.844 bits per heavy atom. The standard InChI is InChI=1S/2C18H32O4.Mg/c2*1-2-3-4-5-6-7-8-9-10-11-12-13-16-22-18(21)15-14-17(19)20;/h2*14-15H,2-13,16H2,1H3,(H,19,20);/q;;+2/p-2/b2*15-14+;. The number of aliphatic carboxylic acids is 2. The van der Waals surface area contributed by atoms with Gasteiger partial charge in [-0.25, -0.2) is 9.59 Å². The third-order valence-corrected chi connectivity index (χ3v) is 7.20. The van der Waals surface area contributed by atoms with Gasteiger partial charge in [0.15, 0.2) is 0 Å². The van der Waals surface area contributed by atoms with E-state index in [-0.39, 0.29) is 23.1 Å². The molecule has 0 atom stereocenters. The fourth-order valence-corrected chi connectivity index (χ4v) is 4.60. The minimum absolute atomic E-state index is 0. The minimum Gasteiger partial charge on any atom is -0.545 e. The normalized spacial score (nSPS) is 10.7. The molecule has 0 amide bonds. The van der Waals surface area contributed by atoms with Gasteiger partial charge in [-0.3, -0.25) is 0 Å². The Bertz CT molecular complexity index is 689. The van der Waals surface area contributed by atoms with Crippen LogP contribution in [-0.4, -0.2) is 60.1 Å². The molecule has 0 rings (SSSR count). The smallest absolute Gasteiger partial charge is 0.545 e. The van der Waals surface area contributed by atoms with E-state index in [9.17, 15) is 29.4 Å². The van der Waals surface area contributed by atoms with E-state index in [4.69, 9.17) is 9.47 Å². The van der Waals surface area contributed by atoms with E-state index < -0.39 is 23.9 Å². The number of hydrogen-bond donors (Lipinski definition) is 0. The number of carboxylic acids is 2. The summed E-state index contributed by atoms with van der Waals surface area (Å²) in [4.78, 5) is 42.3. The molecule has 0 heterocycles. The second-order valence-corrected chi connectivity index (χ2v) is 11.4. The van der Waals surface area contributed by atoms with Crippen LogP contribution in [0.4, 0.5) is 0 Å². The third-order valence-electron chi connectivity index (χ3n) is 7.20. The fraction of sp³-hybridized carbons (Fsp3) is 0.778. The van der Waals surface area contributed by atoms with Crippen LogP contribution in [0.15, 0.2) is 24.3 Å². The van der Waals surface area contributed by atoms with E-state index in [1.165, 1.54) is 128 Å². The average Bonchev–Trinajstić information content (AvgIpc) is 3.00. The second kappa shape index (κ2) is 40.1. The van der Waals surface area contributed by atoms with Crippen LogP contribution >= 0.6 is 0 Å². The summed E-state index contributed by atoms with van der Waals surface area (Å²) < 4.78 is 9.73. The molecule has 0 spiro atoms. The van der Waals surface area contributed by atoms with Gasteiger partial charge in [-0.2, -0.15) is 0 Å². The molecule has 0 fully saturated rings.